The number of carbonyl (C=O) groups excluding carboxylic acids is 1. The summed E-state index contributed by atoms with van der Waals surface area (Å²) in [4.78, 5) is 12.4. The van der Waals surface area contributed by atoms with Gasteiger partial charge in [-0.3, -0.25) is 0 Å². The quantitative estimate of drug-likeness (QED) is 0.538. The van der Waals surface area contributed by atoms with Gasteiger partial charge in [-0.05, 0) is 34.5 Å². The van der Waals surface area contributed by atoms with Crippen LogP contribution < -0.4 is 0 Å². The number of hydrogen-bond acceptors (Lipinski definition) is 4. The second kappa shape index (κ2) is 8.71. The van der Waals surface area contributed by atoms with Crippen molar-refractivity contribution in [2.45, 2.75) is 25.3 Å². The Balaban J connectivity index is 1.86. The van der Waals surface area contributed by atoms with Gasteiger partial charge in [0, 0.05) is 13.1 Å². The molecule has 3 rings (SSSR count). The zero-order valence-electron chi connectivity index (χ0n) is 16.3. The van der Waals surface area contributed by atoms with Gasteiger partial charge >= 0.3 is 5.97 Å². The molecule has 152 valence electrons. The first-order valence-corrected chi connectivity index (χ1v) is 10.8. The van der Waals surface area contributed by atoms with Crippen molar-refractivity contribution in [2.75, 3.05) is 13.1 Å². The molecule has 0 unspecified atom stereocenters. The van der Waals surface area contributed by atoms with Gasteiger partial charge in [0.05, 0.1) is 10.5 Å². The summed E-state index contributed by atoms with van der Waals surface area (Å²) in [5.74, 6) is -1.74. The number of esters is 1. The van der Waals surface area contributed by atoms with Crippen LogP contribution in [0.2, 0.25) is 0 Å². The maximum Gasteiger partial charge on any atom is 0.341 e. The molecule has 0 amide bonds. The molecule has 7 heteroatoms. The van der Waals surface area contributed by atoms with Crippen LogP contribution in [-0.4, -0.2) is 31.8 Å². The molecule has 0 bridgehead atoms. The monoisotopic (exact) mass is 415 g/mol. The van der Waals surface area contributed by atoms with E-state index in [1.54, 1.807) is 13.8 Å². The van der Waals surface area contributed by atoms with Crippen LogP contribution in [0.1, 0.15) is 29.8 Å². The molecule has 0 radical (unpaired) electrons. The third kappa shape index (κ3) is 4.31. The molecule has 0 aromatic heterocycles. The van der Waals surface area contributed by atoms with E-state index in [0.29, 0.717) is 0 Å². The zero-order chi connectivity index (χ0) is 21.0. The highest BCUT2D eigenvalue weighted by Crippen LogP contribution is 2.22. The van der Waals surface area contributed by atoms with Crippen LogP contribution in [0.15, 0.2) is 65.6 Å². The van der Waals surface area contributed by atoms with Crippen LogP contribution in [0, 0.1) is 5.82 Å². The normalized spacial score (nSPS) is 11.7. The van der Waals surface area contributed by atoms with Gasteiger partial charge in [0.15, 0.2) is 0 Å². The van der Waals surface area contributed by atoms with Gasteiger partial charge in [-0.2, -0.15) is 4.31 Å². The summed E-state index contributed by atoms with van der Waals surface area (Å²) in [6, 6.07) is 16.4. The molecule has 0 heterocycles. The molecule has 0 saturated heterocycles. The Kier molecular flexibility index (Phi) is 6.30. The molecule has 5 nitrogen and oxygen atoms in total. The van der Waals surface area contributed by atoms with Crippen LogP contribution in [0.4, 0.5) is 4.39 Å². The van der Waals surface area contributed by atoms with E-state index in [0.717, 1.165) is 34.5 Å². The van der Waals surface area contributed by atoms with Gasteiger partial charge in [-0.25, -0.2) is 17.6 Å². The highest BCUT2D eigenvalue weighted by atomic mass is 32.2. The molecule has 0 aliphatic carbocycles. The second-order valence-electron chi connectivity index (χ2n) is 6.45. The topological polar surface area (TPSA) is 63.7 Å². The van der Waals surface area contributed by atoms with Crippen LogP contribution >= 0.6 is 0 Å². The zero-order valence-corrected chi connectivity index (χ0v) is 17.1. The van der Waals surface area contributed by atoms with Gasteiger partial charge in [-0.1, -0.05) is 56.3 Å². The Hall–Kier alpha value is -2.77. The van der Waals surface area contributed by atoms with Crippen LogP contribution in [-0.2, 0) is 21.4 Å². The van der Waals surface area contributed by atoms with E-state index < -0.39 is 27.4 Å². The van der Waals surface area contributed by atoms with Crippen molar-refractivity contribution in [3.05, 3.63) is 77.6 Å². The van der Waals surface area contributed by atoms with E-state index in [2.05, 4.69) is 0 Å². The predicted molar refractivity (Wildman–Crippen MR) is 110 cm³/mol. The van der Waals surface area contributed by atoms with E-state index in [9.17, 15) is 17.6 Å². The maximum absolute atomic E-state index is 14.2. The third-order valence-electron chi connectivity index (χ3n) is 4.74. The fraction of sp³-hybridized carbons (Fsp3) is 0.227. The molecule has 0 N–H and O–H groups in total. The van der Waals surface area contributed by atoms with Gasteiger partial charge in [0.25, 0.3) is 0 Å². The number of nitrogens with zero attached hydrogens (tertiary/aromatic N) is 1. The second-order valence-corrected chi connectivity index (χ2v) is 8.38. The lowest BCUT2D eigenvalue weighted by Crippen LogP contribution is -2.30. The number of benzene rings is 3. The van der Waals surface area contributed by atoms with Gasteiger partial charge in [0.1, 0.15) is 12.4 Å². The van der Waals surface area contributed by atoms with E-state index in [1.807, 2.05) is 42.5 Å². The maximum atomic E-state index is 14.2. The van der Waals surface area contributed by atoms with Crippen LogP contribution in [0.3, 0.4) is 0 Å². The predicted octanol–water partition coefficient (Wildman–Crippen LogP) is 4.37. The molecule has 29 heavy (non-hydrogen) atoms. The fourth-order valence-corrected chi connectivity index (χ4v) is 4.66. The molecule has 0 aliphatic rings. The number of sulfonamides is 1. The van der Waals surface area contributed by atoms with Crippen LogP contribution in [0.5, 0.6) is 0 Å². The Morgan fingerprint density at radius 2 is 1.69 bits per heavy atom. The number of rotatable bonds is 7. The summed E-state index contributed by atoms with van der Waals surface area (Å²) >= 11 is 0. The van der Waals surface area contributed by atoms with E-state index in [4.69, 9.17) is 4.74 Å². The minimum absolute atomic E-state index is 0.0490. The Bertz CT molecular complexity index is 1140. The SMILES string of the molecule is CCN(CC)S(=O)(=O)c1ccc(F)c(C(=O)OCc2cccc3ccccc23)c1. The van der Waals surface area contributed by atoms with Crippen molar-refractivity contribution < 1.29 is 22.3 Å². The molecule has 3 aromatic rings. The lowest BCUT2D eigenvalue weighted by Gasteiger charge is -2.18. The highest BCUT2D eigenvalue weighted by Gasteiger charge is 2.24. The largest absolute Gasteiger partial charge is 0.457 e. The first kappa shape index (κ1) is 21.0. The molecule has 0 fully saturated rings. The smallest absolute Gasteiger partial charge is 0.341 e. The number of halogens is 1. The Labute approximate surface area is 169 Å². The number of hydrogen-bond donors (Lipinski definition) is 0. The molecule has 0 aliphatic heterocycles. The molecular formula is C22H22FNO4S. The minimum atomic E-state index is -3.81. The number of carbonyl (C=O) groups is 1. The molecule has 0 spiro atoms. The highest BCUT2D eigenvalue weighted by molar-refractivity contribution is 7.89. The van der Waals surface area contributed by atoms with Gasteiger partial charge in [0.2, 0.25) is 10.0 Å². The van der Waals surface area contributed by atoms with E-state index >= 15 is 0 Å². The summed E-state index contributed by atoms with van der Waals surface area (Å²) in [6.07, 6.45) is 0. The fourth-order valence-electron chi connectivity index (χ4n) is 3.17. The first-order chi connectivity index (χ1) is 13.9. The first-order valence-electron chi connectivity index (χ1n) is 9.32. The third-order valence-corrected chi connectivity index (χ3v) is 6.79. The van der Waals surface area contributed by atoms with Crippen molar-refractivity contribution >= 4 is 26.8 Å². The summed E-state index contributed by atoms with van der Waals surface area (Å²) < 4.78 is 46.1. The average Bonchev–Trinajstić information content (AvgIpc) is 2.72. The van der Waals surface area contributed by atoms with Crippen molar-refractivity contribution in [3.63, 3.8) is 0 Å². The summed E-state index contributed by atoms with van der Waals surface area (Å²) in [6.45, 7) is 3.93. The van der Waals surface area contributed by atoms with E-state index in [1.165, 1.54) is 4.31 Å². The molecule has 0 atom stereocenters. The van der Waals surface area contributed by atoms with Crippen LogP contribution in [0.25, 0.3) is 10.8 Å². The standard InChI is InChI=1S/C22H22FNO4S/c1-3-24(4-2)29(26,27)18-12-13-21(23)20(14-18)22(25)28-15-17-10-7-9-16-8-5-6-11-19(16)17/h5-14H,3-4,15H2,1-2H3. The van der Waals surface area contributed by atoms with Crippen molar-refractivity contribution in [1.29, 1.82) is 0 Å². The molecule has 3 aromatic carbocycles. The van der Waals surface area contributed by atoms with Crippen molar-refractivity contribution in [1.82, 2.24) is 4.31 Å². The number of ether oxygens (including phenoxy) is 1. The van der Waals surface area contributed by atoms with Gasteiger partial charge < -0.3 is 4.74 Å². The molecule has 0 saturated carbocycles. The van der Waals surface area contributed by atoms with E-state index in [-0.39, 0.29) is 24.6 Å². The Morgan fingerprint density at radius 1 is 1.00 bits per heavy atom. The summed E-state index contributed by atoms with van der Waals surface area (Å²) in [5, 5.41) is 1.93. The van der Waals surface area contributed by atoms with Gasteiger partial charge in [-0.15, -0.1) is 0 Å². The number of fused-ring (bicyclic) bond motifs is 1. The van der Waals surface area contributed by atoms with Crippen molar-refractivity contribution in [3.8, 4) is 0 Å². The average molecular weight is 415 g/mol. The minimum Gasteiger partial charge on any atom is -0.457 e. The van der Waals surface area contributed by atoms with Crippen molar-refractivity contribution in [2.24, 2.45) is 0 Å². The molecular weight excluding hydrogens is 393 g/mol. The lowest BCUT2D eigenvalue weighted by atomic mass is 10.1. The summed E-state index contributed by atoms with van der Waals surface area (Å²) in [5.41, 5.74) is 0.377. The lowest BCUT2D eigenvalue weighted by molar-refractivity contribution is 0.0468. The summed E-state index contributed by atoms with van der Waals surface area (Å²) in [7, 11) is -3.81. The Morgan fingerprint density at radius 3 is 2.41 bits per heavy atom.